The monoisotopic (exact) mass is 405 g/mol. The van der Waals surface area contributed by atoms with E-state index >= 15 is 0 Å². The number of hydrogen-bond acceptors (Lipinski definition) is 3. The molecule has 0 aromatic heterocycles. The summed E-state index contributed by atoms with van der Waals surface area (Å²) in [5, 5.41) is 11.7. The molecule has 2 atom stereocenters. The zero-order chi connectivity index (χ0) is 18.7. The number of hydrogen-bond donors (Lipinski definition) is 2. The van der Waals surface area contributed by atoms with E-state index in [0.717, 1.165) is 6.07 Å². The van der Waals surface area contributed by atoms with Crippen LogP contribution >= 0.6 is 29.7 Å². The van der Waals surface area contributed by atoms with Gasteiger partial charge in [0.15, 0.2) is 0 Å². The van der Waals surface area contributed by atoms with Crippen LogP contribution in [0.15, 0.2) is 48.5 Å². The van der Waals surface area contributed by atoms with Crippen molar-refractivity contribution in [2.75, 3.05) is 0 Å². The Morgan fingerprint density at radius 1 is 1.32 bits per heavy atom. The van der Waals surface area contributed by atoms with Gasteiger partial charge in [0.25, 0.3) is 0 Å². The quantitative estimate of drug-likeness (QED) is 0.641. The van der Waals surface area contributed by atoms with Crippen LogP contribution < -0.4 is 9.61 Å². The third-order valence-electron chi connectivity index (χ3n) is 3.37. The summed E-state index contributed by atoms with van der Waals surface area (Å²) >= 11 is 11.4. The molecule has 25 heavy (non-hydrogen) atoms. The molecule has 0 aliphatic carbocycles. The van der Waals surface area contributed by atoms with Crippen LogP contribution in [0.2, 0.25) is 5.02 Å². The highest BCUT2D eigenvalue weighted by Crippen LogP contribution is 2.50. The van der Waals surface area contributed by atoms with Gasteiger partial charge in [-0.2, -0.15) is 0 Å². The molecule has 0 spiro atoms. The lowest BCUT2D eigenvalue weighted by molar-refractivity contribution is -0.143. The number of carbonyl (C=O) groups is 1. The van der Waals surface area contributed by atoms with Gasteiger partial charge in [-0.05, 0) is 24.6 Å². The molecule has 0 aliphatic heterocycles. The Balaban J connectivity index is 2.20. The summed E-state index contributed by atoms with van der Waals surface area (Å²) in [7, 11) is 0. The van der Waals surface area contributed by atoms with Crippen molar-refractivity contribution < 1.29 is 23.4 Å². The molecule has 2 N–H and O–H groups in total. The normalized spacial score (nSPS) is 15.8. The van der Waals surface area contributed by atoms with Crippen LogP contribution in [0.5, 0.6) is 5.75 Å². The Morgan fingerprint density at radius 2 is 1.96 bits per heavy atom. The Bertz CT molecular complexity index is 821. The van der Waals surface area contributed by atoms with Gasteiger partial charge >= 0.3 is 12.8 Å². The second kappa shape index (κ2) is 7.75. The number of carboxylic acid groups (broad SMARTS) is 1. The third-order valence-corrected chi connectivity index (χ3v) is 5.34. The van der Waals surface area contributed by atoms with E-state index in [1.165, 1.54) is 19.1 Å². The molecule has 1 unspecified atom stereocenters. The number of rotatable bonds is 7. The van der Waals surface area contributed by atoms with Crippen molar-refractivity contribution in [1.82, 2.24) is 5.09 Å². The standard InChI is InChI=1S/C16H15Cl2FNO4P/c1-16(15(21)22,10-11-5-3-2-4-6-11)20-25(18,23)24-12-7-8-13(17)14(19)9-12/h2-9H,10H2,1H3,(H,20,23)(H,21,22)/t16-,25?/m0/s1. The SMILES string of the molecule is C[C@@](Cc1ccccc1)(NP(=O)(Cl)Oc1ccc(Cl)c(F)c1)C(=O)O. The van der Waals surface area contributed by atoms with Gasteiger partial charge in [0, 0.05) is 23.7 Å². The second-order valence-corrected chi connectivity index (χ2v) is 8.67. The van der Waals surface area contributed by atoms with Gasteiger partial charge in [-0.15, -0.1) is 0 Å². The maximum absolute atomic E-state index is 13.4. The van der Waals surface area contributed by atoms with Crippen molar-refractivity contribution in [2.24, 2.45) is 0 Å². The summed E-state index contributed by atoms with van der Waals surface area (Å²) < 4.78 is 31.0. The Labute approximate surface area is 154 Å². The predicted octanol–water partition coefficient (Wildman–Crippen LogP) is 4.88. The van der Waals surface area contributed by atoms with E-state index in [1.54, 1.807) is 30.3 Å². The average molecular weight is 406 g/mol. The van der Waals surface area contributed by atoms with Crippen molar-refractivity contribution in [3.8, 4) is 5.75 Å². The molecule has 0 radical (unpaired) electrons. The minimum absolute atomic E-state index is 0.0121. The van der Waals surface area contributed by atoms with Gasteiger partial charge in [-0.25, -0.2) is 14.0 Å². The minimum Gasteiger partial charge on any atom is -0.480 e. The lowest BCUT2D eigenvalue weighted by Gasteiger charge is -2.28. The van der Waals surface area contributed by atoms with E-state index in [2.05, 4.69) is 5.09 Å². The summed E-state index contributed by atoms with van der Waals surface area (Å²) in [4.78, 5) is 11.7. The zero-order valence-corrected chi connectivity index (χ0v) is 15.5. The van der Waals surface area contributed by atoms with Gasteiger partial charge in [0.1, 0.15) is 17.1 Å². The fourth-order valence-corrected chi connectivity index (χ4v) is 4.26. The average Bonchev–Trinajstić information content (AvgIpc) is 2.50. The molecule has 2 aromatic rings. The largest absolute Gasteiger partial charge is 0.480 e. The maximum atomic E-state index is 13.4. The summed E-state index contributed by atoms with van der Waals surface area (Å²) in [5.41, 5.74) is -0.960. The number of carboxylic acids is 1. The molecule has 9 heteroatoms. The first kappa shape index (κ1) is 19.7. The third kappa shape index (κ3) is 5.44. The van der Waals surface area contributed by atoms with Crippen LogP contribution in [0.1, 0.15) is 12.5 Å². The van der Waals surface area contributed by atoms with Crippen LogP contribution in [-0.2, 0) is 15.8 Å². The van der Waals surface area contributed by atoms with Gasteiger partial charge < -0.3 is 9.63 Å². The molecule has 0 aliphatic rings. The second-order valence-electron chi connectivity index (χ2n) is 5.56. The van der Waals surface area contributed by atoms with Crippen molar-refractivity contribution in [3.63, 3.8) is 0 Å². The van der Waals surface area contributed by atoms with Crippen molar-refractivity contribution >= 4 is 35.7 Å². The minimum atomic E-state index is -4.13. The maximum Gasteiger partial charge on any atom is 0.410 e. The summed E-state index contributed by atoms with van der Waals surface area (Å²) in [5.74, 6) is -2.18. The van der Waals surface area contributed by atoms with E-state index in [0.29, 0.717) is 5.56 Å². The summed E-state index contributed by atoms with van der Waals surface area (Å²) in [6.07, 6.45) is 0.0121. The fourth-order valence-electron chi connectivity index (χ4n) is 2.15. The number of halogens is 3. The van der Waals surface area contributed by atoms with Gasteiger partial charge in [-0.3, -0.25) is 4.79 Å². The molecular formula is C16H15Cl2FNO4P. The Morgan fingerprint density at radius 3 is 2.52 bits per heavy atom. The number of nitrogens with one attached hydrogen (secondary N) is 1. The first-order valence-corrected chi connectivity index (χ1v) is 10.0. The molecule has 2 aromatic carbocycles. The van der Waals surface area contributed by atoms with Gasteiger partial charge in [-0.1, -0.05) is 41.9 Å². The molecule has 0 heterocycles. The van der Waals surface area contributed by atoms with E-state index in [9.17, 15) is 18.9 Å². The molecule has 2 rings (SSSR count). The molecule has 134 valence electrons. The fraction of sp³-hybridized carbons (Fsp3) is 0.188. The van der Waals surface area contributed by atoms with Crippen LogP contribution in [0.4, 0.5) is 4.39 Å². The van der Waals surface area contributed by atoms with Gasteiger partial charge in [0.05, 0.1) is 5.02 Å². The predicted molar refractivity (Wildman–Crippen MR) is 94.8 cm³/mol. The van der Waals surface area contributed by atoms with Gasteiger partial charge in [0.2, 0.25) is 0 Å². The highest BCUT2D eigenvalue weighted by atomic mass is 35.7. The van der Waals surface area contributed by atoms with Crippen LogP contribution in [0.3, 0.4) is 0 Å². The summed E-state index contributed by atoms with van der Waals surface area (Å²) in [6, 6.07) is 12.2. The molecule has 0 bridgehead atoms. The molecule has 0 saturated carbocycles. The van der Waals surface area contributed by atoms with Crippen molar-refractivity contribution in [2.45, 2.75) is 18.9 Å². The van der Waals surface area contributed by atoms with E-state index < -0.39 is 24.2 Å². The van der Waals surface area contributed by atoms with Crippen LogP contribution in [-0.4, -0.2) is 16.6 Å². The molecular weight excluding hydrogens is 391 g/mol. The van der Waals surface area contributed by atoms with Crippen molar-refractivity contribution in [1.29, 1.82) is 0 Å². The molecule has 0 amide bonds. The molecule has 0 saturated heterocycles. The first-order chi connectivity index (χ1) is 11.6. The molecule has 5 nitrogen and oxygen atoms in total. The van der Waals surface area contributed by atoms with E-state index in [1.807, 2.05) is 0 Å². The van der Waals surface area contributed by atoms with Crippen LogP contribution in [0.25, 0.3) is 0 Å². The Kier molecular flexibility index (Phi) is 6.12. The van der Waals surface area contributed by atoms with E-state index in [-0.39, 0.29) is 17.2 Å². The number of benzene rings is 2. The van der Waals surface area contributed by atoms with E-state index in [4.69, 9.17) is 27.4 Å². The highest BCUT2D eigenvalue weighted by molar-refractivity contribution is 7.84. The number of aliphatic carboxylic acids is 1. The lowest BCUT2D eigenvalue weighted by Crippen LogP contribution is -2.49. The Hall–Kier alpha value is -1.59. The molecule has 0 fully saturated rings. The topological polar surface area (TPSA) is 75.6 Å². The van der Waals surface area contributed by atoms with Crippen LogP contribution in [0, 0.1) is 5.82 Å². The lowest BCUT2D eigenvalue weighted by atomic mass is 9.94. The first-order valence-electron chi connectivity index (χ1n) is 7.12. The highest BCUT2D eigenvalue weighted by Gasteiger charge is 2.40. The zero-order valence-electron chi connectivity index (χ0n) is 13.1. The van der Waals surface area contributed by atoms with Crippen molar-refractivity contribution in [3.05, 3.63) is 64.9 Å². The smallest absolute Gasteiger partial charge is 0.410 e. The summed E-state index contributed by atoms with van der Waals surface area (Å²) in [6.45, 7) is -2.79.